The second-order valence-corrected chi connectivity index (χ2v) is 5.09. The third-order valence-corrected chi connectivity index (χ3v) is 3.62. The lowest BCUT2D eigenvalue weighted by Crippen LogP contribution is -2.25. The summed E-state index contributed by atoms with van der Waals surface area (Å²) in [4.78, 5) is 4.52. The van der Waals surface area contributed by atoms with Crippen LogP contribution in [0.2, 0.25) is 0 Å². The van der Waals surface area contributed by atoms with E-state index in [1.807, 2.05) is 18.3 Å². The molecule has 1 aromatic carbocycles. The molecule has 1 aromatic heterocycles. The molecule has 2 rings (SSSR count). The Labute approximate surface area is 127 Å². The molecule has 1 N–H and O–H groups in total. The van der Waals surface area contributed by atoms with Crippen molar-refractivity contribution in [3.8, 4) is 5.75 Å². The van der Waals surface area contributed by atoms with E-state index in [9.17, 15) is 0 Å². The van der Waals surface area contributed by atoms with Crippen molar-refractivity contribution < 1.29 is 4.74 Å². The first-order valence-electron chi connectivity index (χ1n) is 7.66. The lowest BCUT2D eigenvalue weighted by molar-refractivity contribution is 0.397. The van der Waals surface area contributed by atoms with Crippen LogP contribution in [0.15, 0.2) is 36.7 Å². The predicted molar refractivity (Wildman–Crippen MR) is 85.6 cm³/mol. The topological polar surface area (TPSA) is 39.1 Å². The van der Waals surface area contributed by atoms with Crippen LogP contribution in [0.1, 0.15) is 37.7 Å². The van der Waals surface area contributed by atoms with Gasteiger partial charge in [-0.25, -0.2) is 4.98 Å². The Hall–Kier alpha value is -1.81. The number of ether oxygens (including phenoxy) is 1. The third kappa shape index (κ3) is 3.85. The van der Waals surface area contributed by atoms with E-state index in [0.29, 0.717) is 0 Å². The largest absolute Gasteiger partial charge is 0.496 e. The first-order valence-corrected chi connectivity index (χ1v) is 7.66. The van der Waals surface area contributed by atoms with E-state index in [1.54, 1.807) is 7.11 Å². The van der Waals surface area contributed by atoms with Crippen LogP contribution >= 0.6 is 0 Å². The minimum Gasteiger partial charge on any atom is -0.496 e. The highest BCUT2D eigenvalue weighted by Crippen LogP contribution is 2.27. The van der Waals surface area contributed by atoms with Crippen molar-refractivity contribution in [2.24, 2.45) is 0 Å². The molecule has 0 aliphatic rings. The summed E-state index contributed by atoms with van der Waals surface area (Å²) in [6, 6.07) is 8.41. The van der Waals surface area contributed by atoms with Crippen molar-refractivity contribution in [2.75, 3.05) is 13.7 Å². The average molecular weight is 287 g/mol. The number of para-hydroxylation sites is 1. The van der Waals surface area contributed by atoms with Gasteiger partial charge < -0.3 is 14.6 Å². The molecular formula is C17H25N3O. The quantitative estimate of drug-likeness (QED) is 0.810. The summed E-state index contributed by atoms with van der Waals surface area (Å²) in [5, 5.41) is 3.55. The molecule has 1 atom stereocenters. The van der Waals surface area contributed by atoms with Gasteiger partial charge >= 0.3 is 0 Å². The second kappa shape index (κ2) is 7.84. The average Bonchev–Trinajstić information content (AvgIpc) is 2.94. The van der Waals surface area contributed by atoms with Crippen molar-refractivity contribution in [3.63, 3.8) is 0 Å². The molecule has 1 unspecified atom stereocenters. The zero-order chi connectivity index (χ0) is 15.1. The standard InChI is InChI=1S/C17H25N3O/c1-4-11-20-12-10-19-17(20)13-15(18-5-2)14-8-6-7-9-16(14)21-3/h6-10,12,15,18H,4-5,11,13H2,1-3H3. The number of aryl methyl sites for hydroxylation is 1. The van der Waals surface area contributed by atoms with Gasteiger partial charge in [0.1, 0.15) is 11.6 Å². The molecule has 0 amide bonds. The fourth-order valence-electron chi connectivity index (χ4n) is 2.65. The molecule has 114 valence electrons. The van der Waals surface area contributed by atoms with Crippen molar-refractivity contribution in [1.29, 1.82) is 0 Å². The molecule has 0 fully saturated rings. The van der Waals surface area contributed by atoms with Gasteiger partial charge in [-0.15, -0.1) is 0 Å². The molecule has 0 saturated carbocycles. The number of nitrogens with zero attached hydrogens (tertiary/aromatic N) is 2. The van der Waals surface area contributed by atoms with Crippen LogP contribution in [-0.2, 0) is 13.0 Å². The van der Waals surface area contributed by atoms with Crippen LogP contribution in [-0.4, -0.2) is 23.2 Å². The number of imidazole rings is 1. The molecule has 21 heavy (non-hydrogen) atoms. The predicted octanol–water partition coefficient (Wildman–Crippen LogP) is 3.20. The van der Waals surface area contributed by atoms with Crippen LogP contribution in [0.3, 0.4) is 0 Å². The van der Waals surface area contributed by atoms with Gasteiger partial charge in [-0.05, 0) is 19.0 Å². The van der Waals surface area contributed by atoms with Gasteiger partial charge in [0.15, 0.2) is 0 Å². The smallest absolute Gasteiger partial charge is 0.123 e. The molecule has 1 heterocycles. The number of methoxy groups -OCH3 is 1. The molecule has 2 aromatic rings. The van der Waals surface area contributed by atoms with Crippen LogP contribution in [0.25, 0.3) is 0 Å². The molecular weight excluding hydrogens is 262 g/mol. The van der Waals surface area contributed by atoms with E-state index in [4.69, 9.17) is 4.74 Å². The fourth-order valence-corrected chi connectivity index (χ4v) is 2.65. The van der Waals surface area contributed by atoms with Gasteiger partial charge in [-0.1, -0.05) is 32.0 Å². The fraction of sp³-hybridized carbons (Fsp3) is 0.471. The lowest BCUT2D eigenvalue weighted by Gasteiger charge is -2.21. The zero-order valence-corrected chi connectivity index (χ0v) is 13.2. The van der Waals surface area contributed by atoms with E-state index < -0.39 is 0 Å². The number of hydrogen-bond acceptors (Lipinski definition) is 3. The zero-order valence-electron chi connectivity index (χ0n) is 13.2. The van der Waals surface area contributed by atoms with Gasteiger partial charge in [0.25, 0.3) is 0 Å². The van der Waals surface area contributed by atoms with Gasteiger partial charge in [0.05, 0.1) is 7.11 Å². The van der Waals surface area contributed by atoms with E-state index in [2.05, 4.69) is 47.0 Å². The monoisotopic (exact) mass is 287 g/mol. The highest BCUT2D eigenvalue weighted by atomic mass is 16.5. The highest BCUT2D eigenvalue weighted by molar-refractivity contribution is 5.36. The second-order valence-electron chi connectivity index (χ2n) is 5.09. The first-order chi connectivity index (χ1) is 10.3. The highest BCUT2D eigenvalue weighted by Gasteiger charge is 2.17. The van der Waals surface area contributed by atoms with E-state index in [0.717, 1.165) is 37.5 Å². The maximum atomic E-state index is 5.50. The van der Waals surface area contributed by atoms with Crippen LogP contribution in [0.4, 0.5) is 0 Å². The summed E-state index contributed by atoms with van der Waals surface area (Å²) >= 11 is 0. The molecule has 0 aliphatic carbocycles. The maximum Gasteiger partial charge on any atom is 0.123 e. The number of likely N-dealkylation sites (N-methyl/N-ethyl adjacent to an activating group) is 1. The van der Waals surface area contributed by atoms with Crippen LogP contribution < -0.4 is 10.1 Å². The summed E-state index contributed by atoms with van der Waals surface area (Å²) in [6.07, 6.45) is 5.92. The minimum absolute atomic E-state index is 0.212. The Morgan fingerprint density at radius 1 is 1.29 bits per heavy atom. The van der Waals surface area contributed by atoms with Crippen molar-refractivity contribution in [1.82, 2.24) is 14.9 Å². The minimum atomic E-state index is 0.212. The Balaban J connectivity index is 2.24. The molecule has 0 radical (unpaired) electrons. The number of aromatic nitrogens is 2. The van der Waals surface area contributed by atoms with Crippen molar-refractivity contribution in [2.45, 2.75) is 39.3 Å². The Kier molecular flexibility index (Phi) is 5.81. The van der Waals surface area contributed by atoms with Crippen LogP contribution in [0, 0.1) is 0 Å². The summed E-state index contributed by atoms with van der Waals surface area (Å²) in [6.45, 7) is 6.24. The maximum absolute atomic E-state index is 5.50. The van der Waals surface area contributed by atoms with E-state index in [-0.39, 0.29) is 6.04 Å². The number of benzene rings is 1. The van der Waals surface area contributed by atoms with Crippen LogP contribution in [0.5, 0.6) is 5.75 Å². The van der Waals surface area contributed by atoms with E-state index in [1.165, 1.54) is 5.56 Å². The van der Waals surface area contributed by atoms with Gasteiger partial charge in [-0.2, -0.15) is 0 Å². The normalized spacial score (nSPS) is 12.3. The molecule has 0 spiro atoms. The summed E-state index contributed by atoms with van der Waals surface area (Å²) < 4.78 is 7.74. The molecule has 4 heteroatoms. The summed E-state index contributed by atoms with van der Waals surface area (Å²) in [5.74, 6) is 2.05. The van der Waals surface area contributed by atoms with Crippen molar-refractivity contribution >= 4 is 0 Å². The Bertz CT molecular complexity index is 550. The third-order valence-electron chi connectivity index (χ3n) is 3.62. The molecule has 0 bridgehead atoms. The van der Waals surface area contributed by atoms with Gasteiger partial charge in [0, 0.05) is 37.0 Å². The number of nitrogens with one attached hydrogen (secondary N) is 1. The van der Waals surface area contributed by atoms with Gasteiger partial charge in [0.2, 0.25) is 0 Å². The Morgan fingerprint density at radius 3 is 2.81 bits per heavy atom. The lowest BCUT2D eigenvalue weighted by atomic mass is 10.0. The van der Waals surface area contributed by atoms with E-state index >= 15 is 0 Å². The summed E-state index contributed by atoms with van der Waals surface area (Å²) in [5.41, 5.74) is 1.19. The number of hydrogen-bond donors (Lipinski definition) is 1. The molecule has 4 nitrogen and oxygen atoms in total. The van der Waals surface area contributed by atoms with Gasteiger partial charge in [-0.3, -0.25) is 0 Å². The molecule has 0 saturated heterocycles. The Morgan fingerprint density at radius 2 is 2.10 bits per heavy atom. The van der Waals surface area contributed by atoms with Crippen molar-refractivity contribution in [3.05, 3.63) is 48.0 Å². The first kappa shape index (κ1) is 15.6. The summed E-state index contributed by atoms with van der Waals surface area (Å²) in [7, 11) is 1.72. The molecule has 0 aliphatic heterocycles. The SMILES string of the molecule is CCCn1ccnc1CC(NCC)c1ccccc1OC. The number of rotatable bonds is 8.